The van der Waals surface area contributed by atoms with Gasteiger partial charge in [0.05, 0.1) is 5.56 Å². The lowest BCUT2D eigenvalue weighted by atomic mass is 9.96. The number of para-hydroxylation sites is 2. The third-order valence-electron chi connectivity index (χ3n) is 5.35. The molecule has 1 aliphatic heterocycles. The molecular formula is C24H26N2O2S. The van der Waals surface area contributed by atoms with Crippen molar-refractivity contribution in [2.75, 3.05) is 19.6 Å². The number of likely N-dealkylation sites (tertiary alicyclic amines) is 1. The maximum Gasteiger partial charge on any atom is 0.255 e. The molecule has 5 heteroatoms. The Bertz CT molecular complexity index is 904. The summed E-state index contributed by atoms with van der Waals surface area (Å²) in [7, 11) is 0. The van der Waals surface area contributed by atoms with E-state index in [0.29, 0.717) is 23.8 Å². The van der Waals surface area contributed by atoms with E-state index in [1.807, 2.05) is 54.6 Å². The zero-order valence-corrected chi connectivity index (χ0v) is 17.2. The molecule has 0 spiro atoms. The lowest BCUT2D eigenvalue weighted by Crippen LogP contribution is -2.38. The van der Waals surface area contributed by atoms with Gasteiger partial charge in [-0.1, -0.05) is 30.3 Å². The van der Waals surface area contributed by atoms with Crippen LogP contribution in [0.15, 0.2) is 71.4 Å². The smallest absolute Gasteiger partial charge is 0.255 e. The molecule has 1 amide bonds. The number of hydrogen-bond acceptors (Lipinski definition) is 4. The van der Waals surface area contributed by atoms with Crippen LogP contribution in [-0.2, 0) is 6.54 Å². The van der Waals surface area contributed by atoms with E-state index in [1.165, 1.54) is 5.56 Å². The van der Waals surface area contributed by atoms with Gasteiger partial charge >= 0.3 is 0 Å². The lowest BCUT2D eigenvalue weighted by Gasteiger charge is -2.31. The summed E-state index contributed by atoms with van der Waals surface area (Å²) in [6.45, 7) is 3.92. The van der Waals surface area contributed by atoms with Crippen molar-refractivity contribution in [3.05, 3.63) is 82.6 Å². The number of nitrogens with one attached hydrogen (secondary N) is 1. The Labute approximate surface area is 176 Å². The summed E-state index contributed by atoms with van der Waals surface area (Å²) >= 11 is 1.76. The van der Waals surface area contributed by atoms with Crippen LogP contribution < -0.4 is 10.1 Å². The van der Waals surface area contributed by atoms with Crippen LogP contribution >= 0.6 is 11.3 Å². The second kappa shape index (κ2) is 9.72. The molecule has 0 radical (unpaired) electrons. The topological polar surface area (TPSA) is 41.6 Å². The minimum Gasteiger partial charge on any atom is -0.457 e. The summed E-state index contributed by atoms with van der Waals surface area (Å²) < 4.78 is 5.92. The normalized spacial score (nSPS) is 15.2. The summed E-state index contributed by atoms with van der Waals surface area (Å²) in [4.78, 5) is 15.3. The summed E-state index contributed by atoms with van der Waals surface area (Å²) in [6, 6.07) is 19.2. The molecule has 150 valence electrons. The van der Waals surface area contributed by atoms with E-state index in [1.54, 1.807) is 11.3 Å². The molecule has 29 heavy (non-hydrogen) atoms. The molecule has 4 rings (SSSR count). The molecule has 0 atom stereocenters. The highest BCUT2D eigenvalue weighted by atomic mass is 32.1. The third kappa shape index (κ3) is 5.46. The molecule has 1 N–H and O–H groups in total. The fourth-order valence-corrected chi connectivity index (χ4v) is 4.34. The Kier molecular flexibility index (Phi) is 6.60. The highest BCUT2D eigenvalue weighted by Gasteiger charge is 2.21. The Balaban J connectivity index is 1.28. The number of nitrogens with zero attached hydrogens (tertiary/aromatic N) is 1. The van der Waals surface area contributed by atoms with Crippen molar-refractivity contribution in [1.82, 2.24) is 10.2 Å². The van der Waals surface area contributed by atoms with Crippen molar-refractivity contribution in [3.8, 4) is 11.5 Å². The lowest BCUT2D eigenvalue weighted by molar-refractivity contribution is 0.0933. The first-order valence-corrected chi connectivity index (χ1v) is 11.1. The van der Waals surface area contributed by atoms with Gasteiger partial charge in [-0.15, -0.1) is 0 Å². The molecule has 1 fully saturated rings. The average Bonchev–Trinajstić information content (AvgIpc) is 3.27. The van der Waals surface area contributed by atoms with Crippen LogP contribution in [0.25, 0.3) is 0 Å². The zero-order chi connectivity index (χ0) is 19.9. The molecule has 0 bridgehead atoms. The number of carbonyl (C=O) groups is 1. The van der Waals surface area contributed by atoms with E-state index in [9.17, 15) is 4.79 Å². The number of benzene rings is 2. The van der Waals surface area contributed by atoms with Gasteiger partial charge in [0.15, 0.2) is 0 Å². The van der Waals surface area contributed by atoms with E-state index in [-0.39, 0.29) is 5.91 Å². The summed E-state index contributed by atoms with van der Waals surface area (Å²) in [5.74, 6) is 1.77. The van der Waals surface area contributed by atoms with E-state index in [4.69, 9.17) is 4.74 Å². The molecule has 2 heterocycles. The third-order valence-corrected chi connectivity index (χ3v) is 6.08. The van der Waals surface area contributed by atoms with Gasteiger partial charge in [0.1, 0.15) is 11.5 Å². The van der Waals surface area contributed by atoms with Crippen LogP contribution in [0.3, 0.4) is 0 Å². The van der Waals surface area contributed by atoms with E-state index in [2.05, 4.69) is 27.0 Å². The first-order valence-electron chi connectivity index (χ1n) is 10.1. The van der Waals surface area contributed by atoms with Crippen molar-refractivity contribution in [2.24, 2.45) is 5.92 Å². The minimum atomic E-state index is -0.0720. The van der Waals surface area contributed by atoms with Gasteiger partial charge in [-0.05, 0) is 78.5 Å². The quantitative estimate of drug-likeness (QED) is 0.588. The first kappa shape index (κ1) is 19.7. The maximum absolute atomic E-state index is 12.8. The number of hydrogen-bond donors (Lipinski definition) is 1. The average molecular weight is 407 g/mol. The van der Waals surface area contributed by atoms with Crippen molar-refractivity contribution in [1.29, 1.82) is 0 Å². The highest BCUT2D eigenvalue weighted by molar-refractivity contribution is 7.07. The van der Waals surface area contributed by atoms with Crippen molar-refractivity contribution < 1.29 is 9.53 Å². The van der Waals surface area contributed by atoms with Crippen LogP contribution in [0.1, 0.15) is 28.8 Å². The monoisotopic (exact) mass is 406 g/mol. The number of rotatable bonds is 7. The second-order valence-corrected chi connectivity index (χ2v) is 8.25. The standard InChI is InChI=1S/C24H26N2O2S/c27-24(22-8-4-5-9-23(22)28-21-6-2-1-3-7-21)25-16-19-10-13-26(14-11-19)17-20-12-15-29-18-20/h1-9,12,15,18-19H,10-11,13-14,16-17H2,(H,25,27). The van der Waals surface area contributed by atoms with Crippen LogP contribution in [0, 0.1) is 5.92 Å². The molecule has 3 aromatic rings. The molecule has 0 unspecified atom stereocenters. The number of thiophene rings is 1. The highest BCUT2D eigenvalue weighted by Crippen LogP contribution is 2.25. The number of piperidine rings is 1. The van der Waals surface area contributed by atoms with Crippen LogP contribution in [-0.4, -0.2) is 30.4 Å². The van der Waals surface area contributed by atoms with Crippen molar-refractivity contribution in [2.45, 2.75) is 19.4 Å². The second-order valence-electron chi connectivity index (χ2n) is 7.47. The summed E-state index contributed by atoms with van der Waals surface area (Å²) in [5, 5.41) is 7.48. The summed E-state index contributed by atoms with van der Waals surface area (Å²) in [5.41, 5.74) is 1.98. The van der Waals surface area contributed by atoms with E-state index < -0.39 is 0 Å². The molecule has 1 aromatic heterocycles. The Hall–Kier alpha value is -2.63. The first-order chi connectivity index (χ1) is 14.3. The molecule has 1 aliphatic rings. The Morgan fingerprint density at radius 1 is 1.03 bits per heavy atom. The zero-order valence-electron chi connectivity index (χ0n) is 16.4. The van der Waals surface area contributed by atoms with Crippen LogP contribution in [0.2, 0.25) is 0 Å². The predicted molar refractivity (Wildman–Crippen MR) is 118 cm³/mol. The number of amides is 1. The minimum absolute atomic E-state index is 0.0720. The van der Waals surface area contributed by atoms with Gasteiger partial charge in [0.2, 0.25) is 0 Å². The number of ether oxygens (including phenoxy) is 1. The fourth-order valence-electron chi connectivity index (χ4n) is 3.68. The largest absolute Gasteiger partial charge is 0.457 e. The van der Waals surface area contributed by atoms with Gasteiger partial charge in [0, 0.05) is 13.1 Å². The molecule has 1 saturated heterocycles. The predicted octanol–water partition coefficient (Wildman–Crippen LogP) is 5.18. The van der Waals surface area contributed by atoms with Crippen LogP contribution in [0.5, 0.6) is 11.5 Å². The summed E-state index contributed by atoms with van der Waals surface area (Å²) in [6.07, 6.45) is 2.24. The Morgan fingerprint density at radius 3 is 2.55 bits per heavy atom. The Morgan fingerprint density at radius 2 is 1.79 bits per heavy atom. The van der Waals surface area contributed by atoms with E-state index >= 15 is 0 Å². The molecule has 0 aliphatic carbocycles. The molecular weight excluding hydrogens is 380 g/mol. The molecule has 0 saturated carbocycles. The van der Waals surface area contributed by atoms with Gasteiger partial charge in [-0.25, -0.2) is 0 Å². The number of carbonyl (C=O) groups excluding carboxylic acids is 1. The molecule has 2 aromatic carbocycles. The van der Waals surface area contributed by atoms with Gasteiger partial charge in [-0.3, -0.25) is 9.69 Å². The maximum atomic E-state index is 12.8. The van der Waals surface area contributed by atoms with Crippen LogP contribution in [0.4, 0.5) is 0 Å². The van der Waals surface area contributed by atoms with E-state index in [0.717, 1.165) is 38.2 Å². The van der Waals surface area contributed by atoms with Crippen molar-refractivity contribution >= 4 is 17.2 Å². The fraction of sp³-hybridized carbons (Fsp3) is 0.292. The van der Waals surface area contributed by atoms with Gasteiger partial charge < -0.3 is 10.1 Å². The van der Waals surface area contributed by atoms with Gasteiger partial charge in [-0.2, -0.15) is 11.3 Å². The van der Waals surface area contributed by atoms with Gasteiger partial charge in [0.25, 0.3) is 5.91 Å². The SMILES string of the molecule is O=C(NCC1CCN(Cc2ccsc2)CC1)c1ccccc1Oc1ccccc1. The molecule has 4 nitrogen and oxygen atoms in total. The van der Waals surface area contributed by atoms with Crippen molar-refractivity contribution in [3.63, 3.8) is 0 Å².